The fourth-order valence-corrected chi connectivity index (χ4v) is 1.78. The lowest BCUT2D eigenvalue weighted by Crippen LogP contribution is -1.93. The van der Waals surface area contributed by atoms with Crippen molar-refractivity contribution in [3.8, 4) is 0 Å². The van der Waals surface area contributed by atoms with E-state index in [2.05, 4.69) is 0 Å². The van der Waals surface area contributed by atoms with Crippen LogP contribution >= 0.6 is 28.6 Å². The van der Waals surface area contributed by atoms with Crippen molar-refractivity contribution in [2.45, 2.75) is 6.92 Å². The predicted molar refractivity (Wildman–Crippen MR) is 86.3 cm³/mol. The Morgan fingerprint density at radius 3 is 2.42 bits per heavy atom. The molecule has 0 spiro atoms. The van der Waals surface area contributed by atoms with Crippen molar-refractivity contribution in [1.29, 1.82) is 0 Å². The zero-order valence-electron chi connectivity index (χ0n) is 10.5. The highest BCUT2D eigenvalue weighted by molar-refractivity contribution is 8.93. The van der Waals surface area contributed by atoms with Crippen LogP contribution in [0.25, 0.3) is 6.08 Å². The van der Waals surface area contributed by atoms with Crippen LogP contribution in [0.4, 0.5) is 0 Å². The van der Waals surface area contributed by atoms with E-state index in [9.17, 15) is 4.79 Å². The Morgan fingerprint density at radius 2 is 1.79 bits per heavy atom. The van der Waals surface area contributed by atoms with Gasteiger partial charge in [0.05, 0.1) is 0 Å². The van der Waals surface area contributed by atoms with E-state index in [1.807, 2.05) is 37.3 Å². The number of aryl methyl sites for hydroxylation is 1. The molecule has 0 aliphatic carbocycles. The molecular formula is C16H14BrClO. The van der Waals surface area contributed by atoms with Crippen molar-refractivity contribution in [3.05, 3.63) is 76.3 Å². The van der Waals surface area contributed by atoms with Crippen molar-refractivity contribution in [1.82, 2.24) is 0 Å². The zero-order valence-corrected chi connectivity index (χ0v) is 12.9. The third-order valence-corrected chi connectivity index (χ3v) is 2.85. The van der Waals surface area contributed by atoms with Crippen LogP contribution in [0, 0.1) is 6.92 Å². The zero-order chi connectivity index (χ0) is 13.0. The minimum atomic E-state index is -0.0202. The fraction of sp³-hybridized carbons (Fsp3) is 0.0625. The maximum atomic E-state index is 11.9. The van der Waals surface area contributed by atoms with E-state index in [1.54, 1.807) is 30.3 Å². The second kappa shape index (κ2) is 7.27. The van der Waals surface area contributed by atoms with Crippen molar-refractivity contribution in [3.63, 3.8) is 0 Å². The third-order valence-electron chi connectivity index (χ3n) is 2.60. The number of ketones is 1. The lowest BCUT2D eigenvalue weighted by atomic mass is 10.1. The average Bonchev–Trinajstić information content (AvgIpc) is 2.37. The van der Waals surface area contributed by atoms with Crippen LogP contribution in [-0.4, -0.2) is 5.78 Å². The molecule has 0 atom stereocenters. The molecule has 0 radical (unpaired) electrons. The first kappa shape index (κ1) is 15.7. The maximum Gasteiger partial charge on any atom is 0.185 e. The average molecular weight is 338 g/mol. The summed E-state index contributed by atoms with van der Waals surface area (Å²) in [6.45, 7) is 2.03. The standard InChI is InChI=1S/C16H13ClO.BrH/c1-12-3-2-4-13(11-12)5-10-16(18)14-6-8-15(17)9-7-14;/h2-11H,1H3;1H/b10-5+;. The third kappa shape index (κ3) is 4.66. The first-order chi connectivity index (χ1) is 8.65. The molecule has 0 bridgehead atoms. The molecule has 0 aliphatic rings. The Labute approximate surface area is 128 Å². The molecule has 2 aromatic carbocycles. The molecule has 1 nitrogen and oxygen atoms in total. The summed E-state index contributed by atoms with van der Waals surface area (Å²) in [4.78, 5) is 11.9. The van der Waals surface area contributed by atoms with Gasteiger partial charge < -0.3 is 0 Å². The van der Waals surface area contributed by atoms with Gasteiger partial charge in [0, 0.05) is 10.6 Å². The number of benzene rings is 2. The molecule has 0 aromatic heterocycles. The number of halogens is 2. The molecule has 0 fully saturated rings. The van der Waals surface area contributed by atoms with Gasteiger partial charge in [-0.15, -0.1) is 17.0 Å². The van der Waals surface area contributed by atoms with Gasteiger partial charge in [0.15, 0.2) is 5.78 Å². The molecule has 2 aromatic rings. The maximum absolute atomic E-state index is 11.9. The topological polar surface area (TPSA) is 17.1 Å². The normalized spacial score (nSPS) is 10.2. The van der Waals surface area contributed by atoms with Gasteiger partial charge in [-0.05, 0) is 42.8 Å². The number of carbonyl (C=O) groups excluding carboxylic acids is 1. The van der Waals surface area contributed by atoms with Crippen molar-refractivity contribution < 1.29 is 4.79 Å². The van der Waals surface area contributed by atoms with Crippen LogP contribution in [0.1, 0.15) is 21.5 Å². The second-order valence-corrected chi connectivity index (χ2v) is 4.56. The fourth-order valence-electron chi connectivity index (χ4n) is 1.66. The lowest BCUT2D eigenvalue weighted by Gasteiger charge is -1.97. The minimum Gasteiger partial charge on any atom is -0.289 e. The molecular weight excluding hydrogens is 324 g/mol. The molecule has 0 aliphatic heterocycles. The van der Waals surface area contributed by atoms with Gasteiger partial charge in [0.2, 0.25) is 0 Å². The highest BCUT2D eigenvalue weighted by Crippen LogP contribution is 2.11. The van der Waals surface area contributed by atoms with Crippen LogP contribution in [0.15, 0.2) is 54.6 Å². The Hall–Kier alpha value is -1.38. The van der Waals surface area contributed by atoms with Gasteiger partial charge in [0.1, 0.15) is 0 Å². The Morgan fingerprint density at radius 1 is 1.11 bits per heavy atom. The van der Waals surface area contributed by atoms with E-state index in [0.29, 0.717) is 10.6 Å². The molecule has 0 heterocycles. The lowest BCUT2D eigenvalue weighted by molar-refractivity contribution is 0.104. The van der Waals surface area contributed by atoms with E-state index in [1.165, 1.54) is 5.56 Å². The number of hydrogen-bond donors (Lipinski definition) is 0. The largest absolute Gasteiger partial charge is 0.289 e. The SMILES string of the molecule is Br.Cc1cccc(/C=C/C(=O)c2ccc(Cl)cc2)c1. The molecule has 0 saturated carbocycles. The van der Waals surface area contributed by atoms with E-state index in [-0.39, 0.29) is 22.8 Å². The van der Waals surface area contributed by atoms with Crippen LogP contribution in [0.2, 0.25) is 5.02 Å². The number of allylic oxidation sites excluding steroid dienone is 1. The summed E-state index contributed by atoms with van der Waals surface area (Å²) in [7, 11) is 0. The predicted octanol–water partition coefficient (Wildman–Crippen LogP) is 5.12. The van der Waals surface area contributed by atoms with Gasteiger partial charge in [-0.25, -0.2) is 0 Å². The summed E-state index contributed by atoms with van der Waals surface area (Å²) in [5.41, 5.74) is 2.84. The van der Waals surface area contributed by atoms with Crippen molar-refractivity contribution in [2.24, 2.45) is 0 Å². The molecule has 98 valence electrons. The van der Waals surface area contributed by atoms with Gasteiger partial charge in [0.25, 0.3) is 0 Å². The van der Waals surface area contributed by atoms with E-state index < -0.39 is 0 Å². The Bertz CT molecular complexity index is 588. The summed E-state index contributed by atoms with van der Waals surface area (Å²) >= 11 is 5.78. The quantitative estimate of drug-likeness (QED) is 0.561. The molecule has 0 unspecified atom stereocenters. The van der Waals surface area contributed by atoms with Gasteiger partial charge in [-0.1, -0.05) is 47.5 Å². The van der Waals surface area contributed by atoms with Crippen LogP contribution in [-0.2, 0) is 0 Å². The summed E-state index contributed by atoms with van der Waals surface area (Å²) in [6.07, 6.45) is 3.40. The molecule has 0 N–H and O–H groups in total. The highest BCUT2D eigenvalue weighted by atomic mass is 79.9. The summed E-state index contributed by atoms with van der Waals surface area (Å²) in [5, 5.41) is 0.634. The summed E-state index contributed by atoms with van der Waals surface area (Å²) in [6, 6.07) is 14.9. The van der Waals surface area contributed by atoms with E-state index >= 15 is 0 Å². The highest BCUT2D eigenvalue weighted by Gasteiger charge is 2.00. The van der Waals surface area contributed by atoms with Crippen LogP contribution in [0.5, 0.6) is 0 Å². The number of rotatable bonds is 3. The van der Waals surface area contributed by atoms with Crippen LogP contribution in [0.3, 0.4) is 0 Å². The minimum absolute atomic E-state index is 0. The van der Waals surface area contributed by atoms with Crippen LogP contribution < -0.4 is 0 Å². The molecule has 0 saturated heterocycles. The first-order valence-corrected chi connectivity index (χ1v) is 6.07. The summed E-state index contributed by atoms with van der Waals surface area (Å²) in [5.74, 6) is -0.0202. The van der Waals surface area contributed by atoms with Crippen molar-refractivity contribution >= 4 is 40.4 Å². The monoisotopic (exact) mass is 336 g/mol. The summed E-state index contributed by atoms with van der Waals surface area (Å²) < 4.78 is 0. The van der Waals surface area contributed by atoms with Gasteiger partial charge in [-0.2, -0.15) is 0 Å². The number of carbonyl (C=O) groups is 1. The second-order valence-electron chi connectivity index (χ2n) is 4.12. The molecule has 0 amide bonds. The molecule has 3 heteroatoms. The van der Waals surface area contributed by atoms with Gasteiger partial charge in [-0.3, -0.25) is 4.79 Å². The Kier molecular flexibility index (Phi) is 6.00. The van der Waals surface area contributed by atoms with Crippen molar-refractivity contribution in [2.75, 3.05) is 0 Å². The van der Waals surface area contributed by atoms with Gasteiger partial charge >= 0.3 is 0 Å². The smallest absolute Gasteiger partial charge is 0.185 e. The van der Waals surface area contributed by atoms with E-state index in [0.717, 1.165) is 5.56 Å². The number of hydrogen-bond acceptors (Lipinski definition) is 1. The molecule has 2 rings (SSSR count). The molecule has 19 heavy (non-hydrogen) atoms. The Balaban J connectivity index is 0.00000180. The van der Waals surface area contributed by atoms with E-state index in [4.69, 9.17) is 11.6 Å². The first-order valence-electron chi connectivity index (χ1n) is 5.70.